The number of rotatable bonds is 5. The Labute approximate surface area is 157 Å². The standard InChI is InChI=1S/C22H19ClN2O/c1-16-10-12-17(13-11-16)14-25-20-8-4-3-7-19(20)24-22(25)15-26-21-9-5-2-6-18(21)23/h2-13H,14-15H2,1H3. The maximum Gasteiger partial charge on any atom is 0.148 e. The first-order valence-electron chi connectivity index (χ1n) is 8.58. The highest BCUT2D eigenvalue weighted by molar-refractivity contribution is 6.32. The summed E-state index contributed by atoms with van der Waals surface area (Å²) in [5.41, 5.74) is 4.56. The summed E-state index contributed by atoms with van der Waals surface area (Å²) in [4.78, 5) is 4.77. The van der Waals surface area contributed by atoms with E-state index in [4.69, 9.17) is 21.3 Å². The van der Waals surface area contributed by atoms with Crippen LogP contribution >= 0.6 is 11.6 Å². The van der Waals surface area contributed by atoms with Crippen LogP contribution < -0.4 is 4.74 Å². The average molecular weight is 363 g/mol. The molecule has 0 saturated carbocycles. The highest BCUT2D eigenvalue weighted by Crippen LogP contribution is 2.25. The van der Waals surface area contributed by atoms with Crippen LogP contribution in [0.25, 0.3) is 11.0 Å². The summed E-state index contributed by atoms with van der Waals surface area (Å²) >= 11 is 6.20. The number of aryl methyl sites for hydroxylation is 1. The molecule has 0 aliphatic carbocycles. The fourth-order valence-corrected chi connectivity index (χ4v) is 3.18. The third-order valence-electron chi connectivity index (χ3n) is 4.39. The molecule has 0 bridgehead atoms. The minimum atomic E-state index is 0.365. The molecule has 0 saturated heterocycles. The average Bonchev–Trinajstić information content (AvgIpc) is 3.00. The summed E-state index contributed by atoms with van der Waals surface area (Å²) < 4.78 is 8.14. The second-order valence-electron chi connectivity index (χ2n) is 6.31. The molecule has 4 heteroatoms. The Morgan fingerprint density at radius 2 is 1.65 bits per heavy atom. The van der Waals surface area contributed by atoms with Crippen molar-refractivity contribution in [1.82, 2.24) is 9.55 Å². The molecule has 0 atom stereocenters. The molecule has 26 heavy (non-hydrogen) atoms. The summed E-state index contributed by atoms with van der Waals surface area (Å²) in [6.07, 6.45) is 0. The molecule has 3 nitrogen and oxygen atoms in total. The summed E-state index contributed by atoms with van der Waals surface area (Å²) in [7, 11) is 0. The van der Waals surface area contributed by atoms with Gasteiger partial charge in [0.2, 0.25) is 0 Å². The highest BCUT2D eigenvalue weighted by Gasteiger charge is 2.12. The van der Waals surface area contributed by atoms with Gasteiger partial charge < -0.3 is 9.30 Å². The topological polar surface area (TPSA) is 27.1 Å². The van der Waals surface area contributed by atoms with Gasteiger partial charge in [0, 0.05) is 6.54 Å². The van der Waals surface area contributed by atoms with Gasteiger partial charge in [0.05, 0.1) is 16.1 Å². The fraction of sp³-hybridized carbons (Fsp3) is 0.136. The van der Waals surface area contributed by atoms with Crippen molar-refractivity contribution in [3.05, 3.63) is 94.8 Å². The van der Waals surface area contributed by atoms with Crippen molar-refractivity contribution in [1.29, 1.82) is 0 Å². The SMILES string of the molecule is Cc1ccc(Cn2c(COc3ccccc3Cl)nc3ccccc32)cc1. The van der Waals surface area contributed by atoms with Crippen LogP contribution in [0.15, 0.2) is 72.8 Å². The van der Waals surface area contributed by atoms with E-state index in [0.29, 0.717) is 17.4 Å². The van der Waals surface area contributed by atoms with Gasteiger partial charge in [0.1, 0.15) is 18.2 Å². The Kier molecular flexibility index (Phi) is 4.63. The molecule has 130 valence electrons. The van der Waals surface area contributed by atoms with Crippen LogP contribution in [0.1, 0.15) is 17.0 Å². The van der Waals surface area contributed by atoms with Crippen LogP contribution in [0.5, 0.6) is 5.75 Å². The van der Waals surface area contributed by atoms with Gasteiger partial charge in [0.25, 0.3) is 0 Å². The quantitative estimate of drug-likeness (QED) is 0.460. The van der Waals surface area contributed by atoms with Gasteiger partial charge in [-0.25, -0.2) is 4.98 Å². The van der Waals surface area contributed by atoms with Gasteiger partial charge in [-0.1, -0.05) is 65.7 Å². The molecule has 0 amide bonds. The van der Waals surface area contributed by atoms with E-state index in [1.54, 1.807) is 0 Å². The number of aromatic nitrogens is 2. The number of halogens is 1. The number of benzene rings is 3. The van der Waals surface area contributed by atoms with E-state index in [0.717, 1.165) is 23.4 Å². The lowest BCUT2D eigenvalue weighted by atomic mass is 10.1. The monoisotopic (exact) mass is 362 g/mol. The van der Waals surface area contributed by atoms with E-state index in [1.165, 1.54) is 11.1 Å². The summed E-state index contributed by atoms with van der Waals surface area (Å²) in [5.74, 6) is 1.55. The molecule has 4 rings (SSSR count). The van der Waals surface area contributed by atoms with Crippen LogP contribution in [0, 0.1) is 6.92 Å². The van der Waals surface area contributed by atoms with Crippen molar-refractivity contribution in [2.24, 2.45) is 0 Å². The first-order chi connectivity index (χ1) is 12.7. The molecule has 0 aliphatic rings. The molecule has 1 aromatic heterocycles. The van der Waals surface area contributed by atoms with Gasteiger partial charge in [0.15, 0.2) is 0 Å². The number of fused-ring (bicyclic) bond motifs is 1. The van der Waals surface area contributed by atoms with Crippen LogP contribution in [-0.4, -0.2) is 9.55 Å². The summed E-state index contributed by atoms with van der Waals surface area (Å²) in [6.45, 7) is 3.21. The fourth-order valence-electron chi connectivity index (χ4n) is 2.99. The predicted octanol–water partition coefficient (Wildman–Crippen LogP) is 5.63. The Bertz CT molecular complexity index is 1040. The predicted molar refractivity (Wildman–Crippen MR) is 106 cm³/mol. The van der Waals surface area contributed by atoms with Crippen LogP contribution in [0.3, 0.4) is 0 Å². The van der Waals surface area contributed by atoms with E-state index in [1.807, 2.05) is 42.5 Å². The second kappa shape index (κ2) is 7.22. The summed E-state index contributed by atoms with van der Waals surface area (Å²) in [5, 5.41) is 0.605. The molecule has 3 aromatic carbocycles. The van der Waals surface area contributed by atoms with Crippen LogP contribution in [-0.2, 0) is 13.2 Å². The van der Waals surface area contributed by atoms with Crippen LogP contribution in [0.2, 0.25) is 5.02 Å². The Balaban J connectivity index is 1.67. The van der Waals surface area contributed by atoms with Crippen molar-refractivity contribution < 1.29 is 4.74 Å². The number of imidazole rings is 1. The van der Waals surface area contributed by atoms with Crippen molar-refractivity contribution in [2.75, 3.05) is 0 Å². The third kappa shape index (κ3) is 3.44. The molecule has 0 radical (unpaired) electrons. The first kappa shape index (κ1) is 16.7. The lowest BCUT2D eigenvalue weighted by Crippen LogP contribution is -2.08. The van der Waals surface area contributed by atoms with Gasteiger partial charge >= 0.3 is 0 Å². The largest absolute Gasteiger partial charge is 0.484 e. The number of hydrogen-bond acceptors (Lipinski definition) is 2. The van der Waals surface area contributed by atoms with Crippen molar-refractivity contribution in [2.45, 2.75) is 20.1 Å². The van der Waals surface area contributed by atoms with Crippen molar-refractivity contribution in [3.63, 3.8) is 0 Å². The Morgan fingerprint density at radius 3 is 2.46 bits per heavy atom. The zero-order chi connectivity index (χ0) is 17.9. The molecule has 0 N–H and O–H groups in total. The van der Waals surface area contributed by atoms with Crippen molar-refractivity contribution in [3.8, 4) is 5.75 Å². The maximum absolute atomic E-state index is 6.20. The van der Waals surface area contributed by atoms with E-state index in [-0.39, 0.29) is 0 Å². The molecule has 1 heterocycles. The molecule has 0 fully saturated rings. The van der Waals surface area contributed by atoms with E-state index in [9.17, 15) is 0 Å². The van der Waals surface area contributed by atoms with Crippen molar-refractivity contribution >= 4 is 22.6 Å². The Morgan fingerprint density at radius 1 is 0.923 bits per heavy atom. The maximum atomic E-state index is 6.20. The minimum absolute atomic E-state index is 0.365. The van der Waals surface area contributed by atoms with Gasteiger partial charge in [-0.05, 0) is 36.8 Å². The molecule has 0 aliphatic heterocycles. The molecular weight excluding hydrogens is 344 g/mol. The molecular formula is C22H19ClN2O. The number of nitrogens with zero attached hydrogens (tertiary/aromatic N) is 2. The Hall–Kier alpha value is -2.78. The number of para-hydroxylation sites is 3. The number of ether oxygens (including phenoxy) is 1. The van der Waals surface area contributed by atoms with Gasteiger partial charge in [-0.15, -0.1) is 0 Å². The normalized spacial score (nSPS) is 11.0. The highest BCUT2D eigenvalue weighted by atomic mass is 35.5. The van der Waals surface area contributed by atoms with Gasteiger partial charge in [-0.2, -0.15) is 0 Å². The lowest BCUT2D eigenvalue weighted by molar-refractivity contribution is 0.291. The van der Waals surface area contributed by atoms with E-state index < -0.39 is 0 Å². The zero-order valence-electron chi connectivity index (χ0n) is 14.5. The first-order valence-corrected chi connectivity index (χ1v) is 8.95. The number of hydrogen-bond donors (Lipinski definition) is 0. The smallest absolute Gasteiger partial charge is 0.148 e. The third-order valence-corrected chi connectivity index (χ3v) is 4.70. The molecule has 0 spiro atoms. The van der Waals surface area contributed by atoms with Gasteiger partial charge in [-0.3, -0.25) is 0 Å². The summed E-state index contributed by atoms with van der Waals surface area (Å²) in [6, 6.07) is 24.2. The van der Waals surface area contributed by atoms with E-state index in [2.05, 4.69) is 41.8 Å². The molecule has 0 unspecified atom stereocenters. The van der Waals surface area contributed by atoms with Crippen LogP contribution in [0.4, 0.5) is 0 Å². The lowest BCUT2D eigenvalue weighted by Gasteiger charge is -2.11. The second-order valence-corrected chi connectivity index (χ2v) is 6.71. The molecule has 4 aromatic rings. The minimum Gasteiger partial charge on any atom is -0.484 e. The van der Waals surface area contributed by atoms with E-state index >= 15 is 0 Å². The zero-order valence-corrected chi connectivity index (χ0v) is 15.3.